The Hall–Kier alpha value is -1.82. The number of rotatable bonds is 6. The van der Waals surface area contributed by atoms with Gasteiger partial charge in [-0.1, -0.05) is 21.1 Å². The van der Waals surface area contributed by atoms with Gasteiger partial charge in [0.15, 0.2) is 5.69 Å². The lowest BCUT2D eigenvalue weighted by Gasteiger charge is -2.19. The molecule has 0 bridgehead atoms. The van der Waals surface area contributed by atoms with Crippen LogP contribution in [0.5, 0.6) is 5.75 Å². The zero-order chi connectivity index (χ0) is 14.4. The molecule has 1 aromatic carbocycles. The number of ether oxygens (including phenoxy) is 1. The van der Waals surface area contributed by atoms with E-state index in [4.69, 9.17) is 4.74 Å². The third kappa shape index (κ3) is 3.84. The van der Waals surface area contributed by atoms with Gasteiger partial charge in [0, 0.05) is 17.1 Å². The Morgan fingerprint density at radius 1 is 1.35 bits per heavy atom. The Morgan fingerprint density at radius 3 is 2.70 bits per heavy atom. The van der Waals surface area contributed by atoms with Crippen LogP contribution in [0.15, 0.2) is 45.6 Å². The number of nitrogens with zero attached hydrogens (tertiary/aromatic N) is 2. The smallest absolute Gasteiger partial charge is 0.276 e. The van der Waals surface area contributed by atoms with Gasteiger partial charge in [0.25, 0.3) is 5.91 Å². The Bertz CT molecular complexity index is 540. The molecule has 0 aliphatic heterocycles. The predicted molar refractivity (Wildman–Crippen MR) is 77.7 cm³/mol. The van der Waals surface area contributed by atoms with E-state index in [1.54, 1.807) is 11.0 Å². The number of halogens is 1. The normalized spacial score (nSPS) is 10.3. The minimum Gasteiger partial charge on any atom is -0.492 e. The minimum atomic E-state index is -0.152. The van der Waals surface area contributed by atoms with Gasteiger partial charge in [0.05, 0.1) is 6.54 Å². The standard InChI is InChI=1S/C14H15BrN2O3/c1-2-17(14(18)13-7-9-20-16-13)8-10-19-12-5-3-11(15)4-6-12/h3-7,9H,2,8,10H2,1H3. The summed E-state index contributed by atoms with van der Waals surface area (Å²) in [6.45, 7) is 3.43. The van der Waals surface area contributed by atoms with Crippen molar-refractivity contribution in [2.45, 2.75) is 6.92 Å². The molecular formula is C14H15BrN2O3. The fraction of sp³-hybridized carbons (Fsp3) is 0.286. The number of carbonyl (C=O) groups excluding carboxylic acids is 1. The molecular weight excluding hydrogens is 324 g/mol. The molecule has 0 aliphatic rings. The first-order valence-electron chi connectivity index (χ1n) is 6.28. The van der Waals surface area contributed by atoms with Crippen LogP contribution >= 0.6 is 15.9 Å². The van der Waals surface area contributed by atoms with Gasteiger partial charge in [0.2, 0.25) is 0 Å². The molecule has 0 unspecified atom stereocenters. The van der Waals surface area contributed by atoms with Crippen molar-refractivity contribution >= 4 is 21.8 Å². The van der Waals surface area contributed by atoms with Gasteiger partial charge in [0.1, 0.15) is 18.6 Å². The summed E-state index contributed by atoms with van der Waals surface area (Å²) in [5, 5.41) is 3.65. The maximum atomic E-state index is 12.1. The summed E-state index contributed by atoms with van der Waals surface area (Å²) in [5.41, 5.74) is 0.315. The maximum absolute atomic E-state index is 12.1. The summed E-state index contributed by atoms with van der Waals surface area (Å²) in [5.74, 6) is 0.624. The Balaban J connectivity index is 1.85. The summed E-state index contributed by atoms with van der Waals surface area (Å²) < 4.78 is 11.3. The maximum Gasteiger partial charge on any atom is 0.276 e. The van der Waals surface area contributed by atoms with Crippen molar-refractivity contribution in [1.82, 2.24) is 10.1 Å². The van der Waals surface area contributed by atoms with E-state index in [9.17, 15) is 4.79 Å². The molecule has 0 saturated heterocycles. The molecule has 6 heteroatoms. The number of carbonyl (C=O) groups is 1. The lowest BCUT2D eigenvalue weighted by atomic mass is 10.3. The van der Waals surface area contributed by atoms with Crippen LogP contribution in [-0.2, 0) is 0 Å². The van der Waals surface area contributed by atoms with Gasteiger partial charge >= 0.3 is 0 Å². The number of benzene rings is 1. The molecule has 0 fully saturated rings. The predicted octanol–water partition coefficient (Wildman–Crippen LogP) is 2.98. The van der Waals surface area contributed by atoms with Gasteiger partial charge in [-0.05, 0) is 31.2 Å². The summed E-state index contributed by atoms with van der Waals surface area (Å²) >= 11 is 3.36. The Morgan fingerprint density at radius 2 is 2.10 bits per heavy atom. The number of hydrogen-bond acceptors (Lipinski definition) is 4. The molecule has 0 N–H and O–H groups in total. The van der Waals surface area contributed by atoms with Crippen molar-refractivity contribution < 1.29 is 14.1 Å². The Kier molecular flexibility index (Phi) is 5.17. The topological polar surface area (TPSA) is 55.6 Å². The van der Waals surface area contributed by atoms with Crippen molar-refractivity contribution in [3.8, 4) is 5.75 Å². The third-order valence-electron chi connectivity index (χ3n) is 2.77. The lowest BCUT2D eigenvalue weighted by molar-refractivity contribution is 0.0729. The highest BCUT2D eigenvalue weighted by Crippen LogP contribution is 2.16. The summed E-state index contributed by atoms with van der Waals surface area (Å²) in [4.78, 5) is 13.7. The molecule has 0 atom stereocenters. The first-order valence-corrected chi connectivity index (χ1v) is 7.08. The number of hydrogen-bond donors (Lipinski definition) is 0. The van der Waals surface area contributed by atoms with Gasteiger partial charge in [-0.2, -0.15) is 0 Å². The van der Waals surface area contributed by atoms with E-state index < -0.39 is 0 Å². The van der Waals surface area contributed by atoms with Crippen molar-refractivity contribution in [2.24, 2.45) is 0 Å². The quantitative estimate of drug-likeness (QED) is 0.812. The fourth-order valence-corrected chi connectivity index (χ4v) is 1.96. The van der Waals surface area contributed by atoms with E-state index in [0.29, 0.717) is 25.4 Å². The number of amides is 1. The number of likely N-dealkylation sites (N-methyl/N-ethyl adjacent to an activating group) is 1. The molecule has 1 amide bonds. The second-order valence-electron chi connectivity index (χ2n) is 4.07. The van der Waals surface area contributed by atoms with Crippen molar-refractivity contribution in [1.29, 1.82) is 0 Å². The summed E-state index contributed by atoms with van der Waals surface area (Å²) in [6.07, 6.45) is 1.39. The van der Waals surface area contributed by atoms with Crippen molar-refractivity contribution in [2.75, 3.05) is 19.7 Å². The SMILES string of the molecule is CCN(CCOc1ccc(Br)cc1)C(=O)c1ccon1. The molecule has 0 saturated carbocycles. The van der Waals surface area contributed by atoms with Gasteiger partial charge in [-0.3, -0.25) is 4.79 Å². The highest BCUT2D eigenvalue weighted by atomic mass is 79.9. The van der Waals surface area contributed by atoms with E-state index >= 15 is 0 Å². The molecule has 0 radical (unpaired) electrons. The first kappa shape index (κ1) is 14.6. The molecule has 0 aliphatic carbocycles. The average molecular weight is 339 g/mol. The van der Waals surface area contributed by atoms with E-state index in [0.717, 1.165) is 10.2 Å². The van der Waals surface area contributed by atoms with Gasteiger partial charge in [-0.15, -0.1) is 0 Å². The summed E-state index contributed by atoms with van der Waals surface area (Å²) in [6, 6.07) is 9.13. The molecule has 1 heterocycles. The van der Waals surface area contributed by atoms with E-state index in [-0.39, 0.29) is 5.91 Å². The third-order valence-corrected chi connectivity index (χ3v) is 3.30. The van der Waals surface area contributed by atoms with Gasteiger partial charge < -0.3 is 14.2 Å². The van der Waals surface area contributed by atoms with Crippen molar-refractivity contribution in [3.05, 3.63) is 46.8 Å². The van der Waals surface area contributed by atoms with Gasteiger partial charge in [-0.25, -0.2) is 0 Å². The molecule has 5 nitrogen and oxygen atoms in total. The molecule has 0 spiro atoms. The zero-order valence-corrected chi connectivity index (χ0v) is 12.7. The second-order valence-corrected chi connectivity index (χ2v) is 4.99. The highest BCUT2D eigenvalue weighted by molar-refractivity contribution is 9.10. The zero-order valence-electron chi connectivity index (χ0n) is 11.1. The molecule has 106 valence electrons. The molecule has 2 aromatic rings. The molecule has 20 heavy (non-hydrogen) atoms. The van der Waals surface area contributed by atoms with Crippen LogP contribution in [0.25, 0.3) is 0 Å². The largest absolute Gasteiger partial charge is 0.492 e. The molecule has 1 aromatic heterocycles. The van der Waals surface area contributed by atoms with E-state index in [1.165, 1.54) is 6.26 Å². The number of aromatic nitrogens is 1. The Labute approximate surface area is 125 Å². The average Bonchev–Trinajstić information content (AvgIpc) is 2.99. The fourth-order valence-electron chi connectivity index (χ4n) is 1.69. The second kappa shape index (κ2) is 7.09. The van der Waals surface area contributed by atoms with Crippen LogP contribution in [-0.4, -0.2) is 35.7 Å². The highest BCUT2D eigenvalue weighted by Gasteiger charge is 2.16. The molecule has 2 rings (SSSR count). The van der Waals surface area contributed by atoms with Crippen LogP contribution in [0, 0.1) is 0 Å². The lowest BCUT2D eigenvalue weighted by Crippen LogP contribution is -2.34. The van der Waals surface area contributed by atoms with Crippen LogP contribution in [0.2, 0.25) is 0 Å². The minimum absolute atomic E-state index is 0.152. The van der Waals surface area contributed by atoms with Crippen LogP contribution in [0.3, 0.4) is 0 Å². The van der Waals surface area contributed by atoms with Crippen LogP contribution < -0.4 is 4.74 Å². The monoisotopic (exact) mass is 338 g/mol. The van der Waals surface area contributed by atoms with Crippen molar-refractivity contribution in [3.63, 3.8) is 0 Å². The summed E-state index contributed by atoms with van der Waals surface area (Å²) in [7, 11) is 0. The first-order chi connectivity index (χ1) is 9.70. The van der Waals surface area contributed by atoms with E-state index in [2.05, 4.69) is 25.6 Å². The van der Waals surface area contributed by atoms with Crippen LogP contribution in [0.1, 0.15) is 17.4 Å². The van der Waals surface area contributed by atoms with E-state index in [1.807, 2.05) is 31.2 Å². The van der Waals surface area contributed by atoms with Crippen LogP contribution in [0.4, 0.5) is 0 Å².